The van der Waals surface area contributed by atoms with Gasteiger partial charge in [0.25, 0.3) is 5.91 Å². The Morgan fingerprint density at radius 2 is 1.95 bits per heavy atom. The molecule has 1 heterocycles. The van der Waals surface area contributed by atoms with E-state index in [2.05, 4.69) is 21.2 Å². The van der Waals surface area contributed by atoms with Crippen LogP contribution in [0.3, 0.4) is 0 Å². The molecule has 1 amide bonds. The standard InChI is InChI=1S/C13H9BrF3NOS2/c14-11-6-5-10(21-11)12(19)18-8-3-1-2-4-9(8)20-7-13(15,16)17/h1-6H,7H2,(H,18,19). The zero-order chi connectivity index (χ0) is 15.5. The predicted molar refractivity (Wildman–Crippen MR) is 83.2 cm³/mol. The molecule has 0 spiro atoms. The van der Waals surface area contributed by atoms with Crippen molar-refractivity contribution in [1.82, 2.24) is 0 Å². The highest BCUT2D eigenvalue weighted by Crippen LogP contribution is 2.32. The highest BCUT2D eigenvalue weighted by atomic mass is 79.9. The molecule has 0 saturated heterocycles. The summed E-state index contributed by atoms with van der Waals surface area (Å²) in [5, 5.41) is 2.64. The molecular weight excluding hydrogens is 387 g/mol. The molecule has 0 atom stereocenters. The summed E-state index contributed by atoms with van der Waals surface area (Å²) < 4.78 is 37.7. The summed E-state index contributed by atoms with van der Waals surface area (Å²) in [6, 6.07) is 9.82. The quantitative estimate of drug-likeness (QED) is 0.700. The summed E-state index contributed by atoms with van der Waals surface area (Å²) in [6.07, 6.45) is -4.25. The minimum absolute atomic E-state index is 0.342. The van der Waals surface area contributed by atoms with Crippen molar-refractivity contribution in [2.75, 3.05) is 11.1 Å². The Hall–Kier alpha value is -0.990. The molecule has 0 aliphatic carbocycles. The van der Waals surface area contributed by atoms with Gasteiger partial charge in [-0.2, -0.15) is 13.2 Å². The Morgan fingerprint density at radius 1 is 1.24 bits per heavy atom. The lowest BCUT2D eigenvalue weighted by Gasteiger charge is -2.11. The van der Waals surface area contributed by atoms with Gasteiger partial charge in [0, 0.05) is 4.90 Å². The van der Waals surface area contributed by atoms with Crippen LogP contribution in [-0.2, 0) is 0 Å². The van der Waals surface area contributed by atoms with E-state index < -0.39 is 11.9 Å². The first-order valence-electron chi connectivity index (χ1n) is 5.70. The van der Waals surface area contributed by atoms with Crippen molar-refractivity contribution in [2.24, 2.45) is 0 Å². The maximum Gasteiger partial charge on any atom is 0.398 e. The fraction of sp³-hybridized carbons (Fsp3) is 0.154. The third-order valence-corrected chi connectivity index (χ3v) is 5.08. The highest BCUT2D eigenvalue weighted by molar-refractivity contribution is 9.11. The zero-order valence-corrected chi connectivity index (χ0v) is 13.6. The van der Waals surface area contributed by atoms with Gasteiger partial charge < -0.3 is 5.32 Å². The normalized spacial score (nSPS) is 11.4. The summed E-state index contributed by atoms with van der Waals surface area (Å²) in [5.74, 6) is -1.34. The first-order valence-corrected chi connectivity index (χ1v) is 8.30. The van der Waals surface area contributed by atoms with Gasteiger partial charge in [-0.05, 0) is 40.2 Å². The molecule has 0 radical (unpaired) electrons. The number of anilines is 1. The smallest absolute Gasteiger partial charge is 0.320 e. The van der Waals surface area contributed by atoms with Crippen molar-refractivity contribution in [2.45, 2.75) is 11.1 Å². The monoisotopic (exact) mass is 395 g/mol. The number of carbonyl (C=O) groups is 1. The van der Waals surface area contributed by atoms with Gasteiger partial charge >= 0.3 is 6.18 Å². The summed E-state index contributed by atoms with van der Waals surface area (Å²) in [4.78, 5) is 12.9. The van der Waals surface area contributed by atoms with E-state index in [0.717, 1.165) is 3.79 Å². The summed E-state index contributed by atoms with van der Waals surface area (Å²) in [7, 11) is 0. The Balaban J connectivity index is 2.11. The third-order valence-electron chi connectivity index (χ3n) is 2.32. The van der Waals surface area contributed by atoms with Gasteiger partial charge in [-0.3, -0.25) is 4.79 Å². The Morgan fingerprint density at radius 3 is 2.57 bits per heavy atom. The second kappa shape index (κ2) is 6.85. The molecular formula is C13H9BrF3NOS2. The molecule has 1 N–H and O–H groups in total. The van der Waals surface area contributed by atoms with Gasteiger partial charge in [-0.25, -0.2) is 0 Å². The van der Waals surface area contributed by atoms with Crippen molar-refractivity contribution >= 4 is 50.6 Å². The molecule has 0 bridgehead atoms. The molecule has 0 fully saturated rings. The molecule has 2 rings (SSSR count). The summed E-state index contributed by atoms with van der Waals surface area (Å²) in [5.41, 5.74) is 0.376. The molecule has 1 aromatic carbocycles. The molecule has 0 aliphatic heterocycles. The number of benzene rings is 1. The van der Waals surface area contributed by atoms with Crippen LogP contribution in [0.25, 0.3) is 0 Å². The maximum atomic E-state index is 12.3. The van der Waals surface area contributed by atoms with Crippen LogP contribution in [0.5, 0.6) is 0 Å². The number of amides is 1. The lowest BCUT2D eigenvalue weighted by Crippen LogP contribution is -2.13. The van der Waals surface area contributed by atoms with Crippen molar-refractivity contribution in [3.05, 3.63) is 45.1 Å². The van der Waals surface area contributed by atoms with E-state index >= 15 is 0 Å². The van der Waals surface area contributed by atoms with Gasteiger partial charge in [-0.1, -0.05) is 12.1 Å². The number of hydrogen-bond donors (Lipinski definition) is 1. The number of alkyl halides is 3. The number of thiophene rings is 1. The first kappa shape index (κ1) is 16.4. The topological polar surface area (TPSA) is 29.1 Å². The summed E-state index contributed by atoms with van der Waals surface area (Å²) >= 11 is 5.16. The van der Waals surface area contributed by atoms with E-state index in [1.807, 2.05) is 0 Å². The molecule has 21 heavy (non-hydrogen) atoms. The molecule has 8 heteroatoms. The van der Waals surface area contributed by atoms with Crippen molar-refractivity contribution in [3.8, 4) is 0 Å². The third kappa shape index (κ3) is 5.05. The van der Waals surface area contributed by atoms with E-state index in [1.165, 1.54) is 11.3 Å². The van der Waals surface area contributed by atoms with Crippen LogP contribution in [0.15, 0.2) is 45.1 Å². The van der Waals surface area contributed by atoms with Crippen LogP contribution < -0.4 is 5.32 Å². The molecule has 0 aliphatic rings. The Bertz CT molecular complexity index is 642. The SMILES string of the molecule is O=C(Nc1ccccc1SCC(F)(F)F)c1ccc(Br)s1. The van der Waals surface area contributed by atoms with Crippen molar-refractivity contribution in [1.29, 1.82) is 0 Å². The second-order valence-electron chi connectivity index (χ2n) is 3.96. The number of thioether (sulfide) groups is 1. The van der Waals surface area contributed by atoms with Gasteiger partial charge in [0.05, 0.1) is 20.1 Å². The number of carbonyl (C=O) groups excluding carboxylic acids is 1. The van der Waals surface area contributed by atoms with Crippen molar-refractivity contribution in [3.63, 3.8) is 0 Å². The molecule has 1 aromatic heterocycles. The van der Waals surface area contributed by atoms with Gasteiger partial charge in [-0.15, -0.1) is 23.1 Å². The second-order valence-corrected chi connectivity index (χ2v) is 7.44. The Kier molecular flexibility index (Phi) is 5.34. The molecule has 2 aromatic rings. The Labute approximate surface area is 135 Å². The van der Waals surface area contributed by atoms with Crippen LogP contribution in [-0.4, -0.2) is 17.8 Å². The largest absolute Gasteiger partial charge is 0.398 e. The number of hydrogen-bond acceptors (Lipinski definition) is 3. The van der Waals surface area contributed by atoms with Crippen LogP contribution >= 0.6 is 39.0 Å². The molecule has 2 nitrogen and oxygen atoms in total. The van der Waals surface area contributed by atoms with Crippen LogP contribution in [0, 0.1) is 0 Å². The average molecular weight is 396 g/mol. The van der Waals surface area contributed by atoms with Gasteiger partial charge in [0.1, 0.15) is 0 Å². The van der Waals surface area contributed by atoms with E-state index in [1.54, 1.807) is 36.4 Å². The fourth-order valence-corrected chi connectivity index (χ4v) is 3.53. The average Bonchev–Trinajstić information content (AvgIpc) is 2.83. The van der Waals surface area contributed by atoms with Crippen LogP contribution in [0.4, 0.5) is 18.9 Å². The number of halogens is 4. The lowest BCUT2D eigenvalue weighted by atomic mass is 10.3. The first-order chi connectivity index (χ1) is 9.85. The van der Waals surface area contributed by atoms with E-state index in [0.29, 0.717) is 27.2 Å². The molecule has 0 unspecified atom stereocenters. The highest BCUT2D eigenvalue weighted by Gasteiger charge is 2.27. The lowest BCUT2D eigenvalue weighted by molar-refractivity contribution is -0.105. The zero-order valence-electron chi connectivity index (χ0n) is 10.4. The van der Waals surface area contributed by atoms with Crippen LogP contribution in [0.2, 0.25) is 0 Å². The predicted octanol–water partition coefficient (Wildman–Crippen LogP) is 5.42. The minimum atomic E-state index is -4.25. The van der Waals surface area contributed by atoms with Gasteiger partial charge in [0.2, 0.25) is 0 Å². The number of rotatable bonds is 4. The van der Waals surface area contributed by atoms with Gasteiger partial charge in [0.15, 0.2) is 0 Å². The summed E-state index contributed by atoms with van der Waals surface area (Å²) in [6.45, 7) is 0. The van der Waals surface area contributed by atoms with Crippen molar-refractivity contribution < 1.29 is 18.0 Å². The molecule has 0 saturated carbocycles. The number of para-hydroxylation sites is 1. The van der Waals surface area contributed by atoms with E-state index in [4.69, 9.17) is 0 Å². The fourth-order valence-electron chi connectivity index (χ4n) is 1.48. The maximum absolute atomic E-state index is 12.3. The van der Waals surface area contributed by atoms with E-state index in [-0.39, 0.29) is 5.91 Å². The molecule has 112 valence electrons. The number of nitrogens with one attached hydrogen (secondary N) is 1. The minimum Gasteiger partial charge on any atom is -0.320 e. The van der Waals surface area contributed by atoms with Crippen LogP contribution in [0.1, 0.15) is 9.67 Å². The van der Waals surface area contributed by atoms with E-state index in [9.17, 15) is 18.0 Å².